The average molecular weight is 513 g/mol. The summed E-state index contributed by atoms with van der Waals surface area (Å²) >= 11 is 0. The molecule has 4 rings (SSSR count). The summed E-state index contributed by atoms with van der Waals surface area (Å²) in [6, 6.07) is 10.6. The summed E-state index contributed by atoms with van der Waals surface area (Å²) in [5.74, 6) is -1.70. The lowest BCUT2D eigenvalue weighted by atomic mass is 9.85. The number of aryl methyl sites for hydroxylation is 1. The maximum absolute atomic E-state index is 13.5. The summed E-state index contributed by atoms with van der Waals surface area (Å²) in [5.41, 5.74) is 1.07. The van der Waals surface area contributed by atoms with E-state index in [2.05, 4.69) is 15.3 Å². The van der Waals surface area contributed by atoms with Gasteiger partial charge in [0.1, 0.15) is 11.4 Å². The fourth-order valence-electron chi connectivity index (χ4n) is 5.05. The van der Waals surface area contributed by atoms with E-state index in [1.165, 1.54) is 6.92 Å². The number of amides is 2. The summed E-state index contributed by atoms with van der Waals surface area (Å²) < 4.78 is 40.4. The Kier molecular flexibility index (Phi) is 7.20. The molecule has 0 radical (unpaired) electrons. The second kappa shape index (κ2) is 10.2. The molecule has 194 valence electrons. The van der Waals surface area contributed by atoms with Crippen LogP contribution in [0.5, 0.6) is 0 Å². The number of benzene rings is 1. The second-order valence-corrected chi connectivity index (χ2v) is 9.22. The molecule has 2 amide bonds. The van der Waals surface area contributed by atoms with Crippen LogP contribution in [-0.2, 0) is 6.18 Å². The fraction of sp³-hybridized carbons (Fsp3) is 0.333. The van der Waals surface area contributed by atoms with E-state index in [1.807, 2.05) is 30.3 Å². The molecular weight excluding hydrogens is 485 g/mol. The minimum Gasteiger partial charge on any atom is -0.354 e. The number of nitrogens with one attached hydrogen (secondary N) is 2. The molecule has 3 heterocycles. The first-order chi connectivity index (χ1) is 17.5. The van der Waals surface area contributed by atoms with Crippen LogP contribution in [0.4, 0.5) is 13.2 Å². The number of halogens is 3. The lowest BCUT2D eigenvalue weighted by Gasteiger charge is -2.39. The quantitative estimate of drug-likeness (QED) is 0.486. The van der Waals surface area contributed by atoms with Crippen LogP contribution in [0.3, 0.4) is 0 Å². The van der Waals surface area contributed by atoms with Gasteiger partial charge in [0.05, 0.1) is 5.56 Å². The van der Waals surface area contributed by atoms with Crippen molar-refractivity contribution in [2.24, 2.45) is 0 Å². The van der Waals surface area contributed by atoms with Crippen molar-refractivity contribution >= 4 is 17.6 Å². The van der Waals surface area contributed by atoms with Crippen molar-refractivity contribution in [3.63, 3.8) is 0 Å². The molecule has 0 spiro atoms. The van der Waals surface area contributed by atoms with Crippen molar-refractivity contribution in [1.29, 1.82) is 0 Å². The zero-order valence-electron chi connectivity index (χ0n) is 20.6. The fourth-order valence-corrected chi connectivity index (χ4v) is 5.05. The summed E-state index contributed by atoms with van der Waals surface area (Å²) in [6.07, 6.45) is -3.25. The molecule has 0 saturated carbocycles. The molecule has 1 aliphatic heterocycles. The van der Waals surface area contributed by atoms with Crippen molar-refractivity contribution in [3.05, 3.63) is 88.0 Å². The lowest BCUT2D eigenvalue weighted by Crippen LogP contribution is -2.51. The monoisotopic (exact) mass is 512 g/mol. The Labute approximate surface area is 212 Å². The summed E-state index contributed by atoms with van der Waals surface area (Å²) in [7, 11) is 0. The highest BCUT2D eigenvalue weighted by atomic mass is 19.4. The maximum Gasteiger partial charge on any atom is 0.418 e. The molecule has 1 aromatic carbocycles. The van der Waals surface area contributed by atoms with Gasteiger partial charge in [0.15, 0.2) is 5.78 Å². The first-order valence-electron chi connectivity index (χ1n) is 11.9. The molecule has 0 aliphatic carbocycles. The summed E-state index contributed by atoms with van der Waals surface area (Å²) in [5, 5.41) is 2.74. The van der Waals surface area contributed by atoms with E-state index >= 15 is 0 Å². The number of rotatable bonds is 5. The molecule has 2 atom stereocenters. The molecule has 10 heteroatoms. The molecule has 3 aromatic rings. The Bertz CT molecular complexity index is 1330. The summed E-state index contributed by atoms with van der Waals surface area (Å²) in [4.78, 5) is 46.8. The number of carbonyl (C=O) groups excluding carboxylic acids is 3. The number of Topliss-reactive ketones (excluding diaryl/α,β-unsaturated/α-hetero) is 1. The van der Waals surface area contributed by atoms with Gasteiger partial charge in [0.25, 0.3) is 11.8 Å². The van der Waals surface area contributed by atoms with Crippen molar-refractivity contribution in [1.82, 2.24) is 20.2 Å². The first kappa shape index (κ1) is 26.1. The number of ketones is 1. The van der Waals surface area contributed by atoms with Gasteiger partial charge in [-0.2, -0.15) is 13.2 Å². The predicted molar refractivity (Wildman–Crippen MR) is 130 cm³/mol. The molecular formula is C27H27F3N4O3. The summed E-state index contributed by atoms with van der Waals surface area (Å²) in [6.45, 7) is 5.41. The topological polar surface area (TPSA) is 95.2 Å². The van der Waals surface area contributed by atoms with Crippen LogP contribution < -0.4 is 5.32 Å². The predicted octanol–water partition coefficient (Wildman–Crippen LogP) is 4.68. The number of aromatic nitrogens is 2. The van der Waals surface area contributed by atoms with Gasteiger partial charge in [-0.15, -0.1) is 0 Å². The Hall–Kier alpha value is -3.95. The second-order valence-electron chi connectivity index (χ2n) is 9.22. The third-order valence-corrected chi connectivity index (χ3v) is 6.78. The van der Waals surface area contributed by atoms with Crippen molar-refractivity contribution in [2.75, 3.05) is 13.1 Å². The minimum atomic E-state index is -4.72. The van der Waals surface area contributed by atoms with E-state index in [4.69, 9.17) is 0 Å². The highest BCUT2D eigenvalue weighted by Crippen LogP contribution is 2.33. The number of H-pyrrole nitrogens is 1. The number of hydrogen-bond acceptors (Lipinski definition) is 4. The van der Waals surface area contributed by atoms with Crippen LogP contribution in [0.25, 0.3) is 0 Å². The van der Waals surface area contributed by atoms with Crippen LogP contribution in [0, 0.1) is 13.8 Å². The number of nitrogens with zero attached hydrogens (tertiary/aromatic N) is 2. The van der Waals surface area contributed by atoms with Gasteiger partial charge in [-0.3, -0.25) is 19.4 Å². The molecule has 0 bridgehead atoms. The Morgan fingerprint density at radius 1 is 1.08 bits per heavy atom. The van der Waals surface area contributed by atoms with Crippen molar-refractivity contribution in [2.45, 2.75) is 45.3 Å². The molecule has 1 fully saturated rings. The van der Waals surface area contributed by atoms with Crippen molar-refractivity contribution in [3.8, 4) is 0 Å². The van der Waals surface area contributed by atoms with Gasteiger partial charge >= 0.3 is 6.18 Å². The highest BCUT2D eigenvalue weighted by molar-refractivity contribution is 6.02. The average Bonchev–Trinajstić information content (AvgIpc) is 3.17. The Balaban J connectivity index is 1.61. The van der Waals surface area contributed by atoms with Crippen LogP contribution in [0.15, 0.2) is 48.7 Å². The molecule has 2 aromatic heterocycles. The number of piperidine rings is 1. The third kappa shape index (κ3) is 5.28. The number of pyridine rings is 1. The van der Waals surface area contributed by atoms with Crippen LogP contribution in [0.1, 0.15) is 73.0 Å². The van der Waals surface area contributed by atoms with Gasteiger partial charge in [0, 0.05) is 42.5 Å². The van der Waals surface area contributed by atoms with E-state index in [9.17, 15) is 27.6 Å². The van der Waals surface area contributed by atoms with Crippen molar-refractivity contribution < 1.29 is 27.6 Å². The number of alkyl halides is 3. The van der Waals surface area contributed by atoms with Gasteiger partial charge in [-0.05, 0) is 50.5 Å². The SMILES string of the molecule is CC(=O)c1c(C)[nH]c(C(=O)N2CC[C@@H](NC(=O)c3ncccc3C(F)(F)F)[C@@H](c3ccccc3)C2)c1C. The van der Waals surface area contributed by atoms with Crippen LogP contribution >= 0.6 is 0 Å². The Morgan fingerprint density at radius 2 is 1.78 bits per heavy atom. The zero-order chi connectivity index (χ0) is 26.9. The molecule has 37 heavy (non-hydrogen) atoms. The van der Waals surface area contributed by atoms with Gasteiger partial charge in [-0.1, -0.05) is 30.3 Å². The molecule has 0 unspecified atom stereocenters. The normalized spacial score (nSPS) is 17.9. The Morgan fingerprint density at radius 3 is 2.41 bits per heavy atom. The smallest absolute Gasteiger partial charge is 0.354 e. The molecule has 7 nitrogen and oxygen atoms in total. The zero-order valence-corrected chi connectivity index (χ0v) is 20.6. The highest BCUT2D eigenvalue weighted by Gasteiger charge is 2.39. The number of aromatic amines is 1. The van der Waals surface area contributed by atoms with Crippen LogP contribution in [0.2, 0.25) is 0 Å². The van der Waals surface area contributed by atoms with E-state index < -0.39 is 29.4 Å². The molecule has 2 N–H and O–H groups in total. The van der Waals surface area contributed by atoms with E-state index in [0.29, 0.717) is 28.9 Å². The van der Waals surface area contributed by atoms with Gasteiger partial charge in [-0.25, -0.2) is 0 Å². The number of likely N-dealkylation sites (tertiary alicyclic amines) is 1. The largest absolute Gasteiger partial charge is 0.418 e. The van der Waals surface area contributed by atoms with E-state index in [0.717, 1.165) is 23.9 Å². The first-order valence-corrected chi connectivity index (χ1v) is 11.9. The van der Waals surface area contributed by atoms with Gasteiger partial charge < -0.3 is 15.2 Å². The molecule has 1 aliphatic rings. The lowest BCUT2D eigenvalue weighted by molar-refractivity contribution is -0.138. The third-order valence-electron chi connectivity index (χ3n) is 6.78. The number of carbonyl (C=O) groups is 3. The van der Waals surface area contributed by atoms with E-state index in [1.54, 1.807) is 18.7 Å². The standard InChI is InChI=1S/C27H27F3N4O3/c1-15-22(17(3)35)16(2)32-23(15)26(37)34-13-11-21(19(14-34)18-8-5-4-6-9-18)33-25(36)24-20(27(28,29)30)10-7-12-31-24/h4-10,12,19,21,32H,11,13-14H2,1-3H3,(H,33,36)/t19-,21-/m1/s1. The number of hydrogen-bond donors (Lipinski definition) is 2. The minimum absolute atomic E-state index is 0.137. The van der Waals surface area contributed by atoms with Crippen LogP contribution in [-0.4, -0.2) is 51.6 Å². The maximum atomic E-state index is 13.5. The van der Waals surface area contributed by atoms with Gasteiger partial charge in [0.2, 0.25) is 0 Å². The van der Waals surface area contributed by atoms with E-state index in [-0.39, 0.29) is 30.7 Å². The molecule has 1 saturated heterocycles.